The van der Waals surface area contributed by atoms with E-state index in [-0.39, 0.29) is 17.5 Å². The van der Waals surface area contributed by atoms with Crippen LogP contribution >= 0.6 is 11.6 Å². The Morgan fingerprint density at radius 3 is 2.54 bits per heavy atom. The molecule has 1 saturated carbocycles. The molecule has 4 nitrogen and oxygen atoms in total. The molecule has 1 atom stereocenters. The number of carbonyl (C=O) groups is 2. The Hall–Kier alpha value is -1.76. The average molecular weight is 361 g/mol. The van der Waals surface area contributed by atoms with Crippen molar-refractivity contribution in [2.24, 2.45) is 5.92 Å². The van der Waals surface area contributed by atoms with Crippen LogP contribution in [0.15, 0.2) is 18.2 Å². The molecule has 1 heterocycles. The van der Waals surface area contributed by atoms with Crippen LogP contribution < -0.4 is 5.32 Å². The van der Waals surface area contributed by atoms with Crippen molar-refractivity contribution in [3.8, 4) is 0 Å². The number of hydrogen-bond donors (Lipinski definition) is 1. The maximum atomic E-state index is 12.9. The van der Waals surface area contributed by atoms with Gasteiger partial charge in [0.05, 0.1) is 10.6 Å². The summed E-state index contributed by atoms with van der Waals surface area (Å²) in [6.07, 6.45) is -1.68. The molecule has 0 aromatic heterocycles. The van der Waals surface area contributed by atoms with Crippen molar-refractivity contribution in [1.82, 2.24) is 4.90 Å². The second-order valence-electron chi connectivity index (χ2n) is 6.15. The lowest BCUT2D eigenvalue weighted by molar-refractivity contribution is -0.137. The first kappa shape index (κ1) is 17.1. The summed E-state index contributed by atoms with van der Waals surface area (Å²) >= 11 is 5.57. The highest BCUT2D eigenvalue weighted by Gasteiger charge is 2.41. The Kier molecular flexibility index (Phi) is 4.46. The molecule has 130 valence electrons. The van der Waals surface area contributed by atoms with E-state index in [1.807, 2.05) is 0 Å². The lowest BCUT2D eigenvalue weighted by atomic mass is 10.1. The van der Waals surface area contributed by atoms with Crippen LogP contribution in [0.4, 0.5) is 18.9 Å². The molecule has 24 heavy (non-hydrogen) atoms. The summed E-state index contributed by atoms with van der Waals surface area (Å²) in [6, 6.07) is 2.60. The number of halogens is 4. The zero-order valence-corrected chi connectivity index (χ0v) is 13.5. The molecule has 2 aliphatic rings. The molecule has 8 heteroatoms. The minimum Gasteiger partial charge on any atom is -0.330 e. The summed E-state index contributed by atoms with van der Waals surface area (Å²) in [5, 5.41) is 2.05. The molecule has 0 bridgehead atoms. The Balaban J connectivity index is 1.73. The summed E-state index contributed by atoms with van der Waals surface area (Å²) in [6.45, 7) is 0.516. The largest absolute Gasteiger partial charge is 0.417 e. The highest BCUT2D eigenvalue weighted by atomic mass is 35.5. The molecule has 1 aliphatic carbocycles. The van der Waals surface area contributed by atoms with Gasteiger partial charge in [0.25, 0.3) is 0 Å². The fraction of sp³-hybridized carbons (Fsp3) is 0.500. The first-order valence-corrected chi connectivity index (χ1v) is 8.13. The van der Waals surface area contributed by atoms with Crippen molar-refractivity contribution in [1.29, 1.82) is 0 Å². The first-order chi connectivity index (χ1) is 11.3. The second kappa shape index (κ2) is 6.27. The van der Waals surface area contributed by atoms with Crippen LogP contribution in [0.3, 0.4) is 0 Å². The van der Waals surface area contributed by atoms with Gasteiger partial charge in [0, 0.05) is 18.2 Å². The van der Waals surface area contributed by atoms with E-state index in [0.29, 0.717) is 19.4 Å². The quantitative estimate of drug-likeness (QED) is 0.893. The first-order valence-electron chi connectivity index (χ1n) is 7.75. The maximum absolute atomic E-state index is 12.9. The van der Waals surface area contributed by atoms with Gasteiger partial charge in [0.2, 0.25) is 11.8 Å². The molecule has 2 fully saturated rings. The number of alkyl halides is 3. The summed E-state index contributed by atoms with van der Waals surface area (Å²) in [4.78, 5) is 26.1. The van der Waals surface area contributed by atoms with Gasteiger partial charge in [-0.3, -0.25) is 9.59 Å². The van der Waals surface area contributed by atoms with E-state index in [1.165, 1.54) is 6.07 Å². The summed E-state index contributed by atoms with van der Waals surface area (Å²) in [5.41, 5.74) is -0.984. The van der Waals surface area contributed by atoms with E-state index in [9.17, 15) is 22.8 Å². The number of carbonyl (C=O) groups excluding carboxylic acids is 2. The lowest BCUT2D eigenvalue weighted by Crippen LogP contribution is -2.43. The third kappa shape index (κ3) is 3.50. The number of hydrogen-bond acceptors (Lipinski definition) is 2. The van der Waals surface area contributed by atoms with Gasteiger partial charge in [-0.1, -0.05) is 11.6 Å². The molecule has 2 amide bonds. The van der Waals surface area contributed by atoms with Crippen LogP contribution in [0.2, 0.25) is 5.02 Å². The van der Waals surface area contributed by atoms with Gasteiger partial charge in [-0.2, -0.15) is 13.2 Å². The lowest BCUT2D eigenvalue weighted by Gasteiger charge is -2.24. The Morgan fingerprint density at radius 2 is 1.92 bits per heavy atom. The molecule has 0 unspecified atom stereocenters. The van der Waals surface area contributed by atoms with E-state index in [4.69, 9.17) is 11.6 Å². The SMILES string of the molecule is O=C(Nc1ccc(Cl)c(C(F)(F)F)c1)[C@@H]1CCCN1C(=O)C1CC1. The van der Waals surface area contributed by atoms with E-state index < -0.39 is 28.7 Å². The Bertz CT molecular complexity index is 674. The number of nitrogens with zero attached hydrogens (tertiary/aromatic N) is 1. The van der Waals surface area contributed by atoms with E-state index in [0.717, 1.165) is 25.0 Å². The maximum Gasteiger partial charge on any atom is 0.417 e. The number of amides is 2. The molecule has 0 radical (unpaired) electrons. The van der Waals surface area contributed by atoms with Crippen LogP contribution in [0, 0.1) is 5.92 Å². The molecule has 1 saturated heterocycles. The van der Waals surface area contributed by atoms with E-state index in [2.05, 4.69) is 5.32 Å². The van der Waals surface area contributed by atoms with Crippen LogP contribution in [0.25, 0.3) is 0 Å². The molecule has 1 N–H and O–H groups in total. The molecular weight excluding hydrogens is 345 g/mol. The minimum absolute atomic E-state index is 0.00534. The second-order valence-corrected chi connectivity index (χ2v) is 6.55. The summed E-state index contributed by atoms with van der Waals surface area (Å²) in [5.74, 6) is -0.484. The van der Waals surface area contributed by atoms with Crippen LogP contribution in [0.5, 0.6) is 0 Å². The molecular formula is C16H16ClF3N2O2. The average Bonchev–Trinajstić information content (AvgIpc) is 3.23. The summed E-state index contributed by atoms with van der Waals surface area (Å²) < 4.78 is 38.6. The van der Waals surface area contributed by atoms with Crippen molar-refractivity contribution in [2.45, 2.75) is 37.9 Å². The highest BCUT2D eigenvalue weighted by Crippen LogP contribution is 2.37. The van der Waals surface area contributed by atoms with Crippen molar-refractivity contribution in [3.63, 3.8) is 0 Å². The van der Waals surface area contributed by atoms with E-state index in [1.54, 1.807) is 4.90 Å². The van der Waals surface area contributed by atoms with Crippen LogP contribution in [-0.2, 0) is 15.8 Å². The number of nitrogens with one attached hydrogen (secondary N) is 1. The Morgan fingerprint density at radius 1 is 1.21 bits per heavy atom. The van der Waals surface area contributed by atoms with Crippen LogP contribution in [0.1, 0.15) is 31.2 Å². The fourth-order valence-electron chi connectivity index (χ4n) is 2.91. The molecule has 3 rings (SSSR count). The van der Waals surface area contributed by atoms with Gasteiger partial charge < -0.3 is 10.2 Å². The van der Waals surface area contributed by atoms with Crippen molar-refractivity contribution >= 4 is 29.1 Å². The smallest absolute Gasteiger partial charge is 0.330 e. The molecule has 0 spiro atoms. The number of anilines is 1. The fourth-order valence-corrected chi connectivity index (χ4v) is 3.14. The molecule has 1 aromatic rings. The van der Waals surface area contributed by atoms with Gasteiger partial charge in [-0.15, -0.1) is 0 Å². The number of likely N-dealkylation sites (tertiary alicyclic amines) is 1. The van der Waals surface area contributed by atoms with Gasteiger partial charge >= 0.3 is 6.18 Å². The van der Waals surface area contributed by atoms with Crippen molar-refractivity contribution in [2.75, 3.05) is 11.9 Å². The van der Waals surface area contributed by atoms with Gasteiger partial charge in [-0.25, -0.2) is 0 Å². The van der Waals surface area contributed by atoms with Gasteiger partial charge in [0.1, 0.15) is 6.04 Å². The van der Waals surface area contributed by atoms with Gasteiger partial charge in [-0.05, 0) is 43.9 Å². The number of benzene rings is 1. The van der Waals surface area contributed by atoms with Gasteiger partial charge in [0.15, 0.2) is 0 Å². The molecule has 1 aliphatic heterocycles. The third-order valence-electron chi connectivity index (χ3n) is 4.30. The monoisotopic (exact) mass is 360 g/mol. The van der Waals surface area contributed by atoms with Crippen molar-refractivity contribution < 1.29 is 22.8 Å². The number of rotatable bonds is 3. The Labute approximate surface area is 142 Å². The predicted molar refractivity (Wildman–Crippen MR) is 82.5 cm³/mol. The zero-order valence-electron chi connectivity index (χ0n) is 12.7. The predicted octanol–water partition coefficient (Wildman–Crippen LogP) is 3.70. The third-order valence-corrected chi connectivity index (χ3v) is 4.63. The van der Waals surface area contributed by atoms with Crippen LogP contribution in [-0.4, -0.2) is 29.3 Å². The highest BCUT2D eigenvalue weighted by molar-refractivity contribution is 6.31. The zero-order chi connectivity index (χ0) is 17.5. The molecule has 1 aromatic carbocycles. The van der Waals surface area contributed by atoms with E-state index >= 15 is 0 Å². The topological polar surface area (TPSA) is 49.4 Å². The van der Waals surface area contributed by atoms with Crippen molar-refractivity contribution in [3.05, 3.63) is 28.8 Å². The summed E-state index contributed by atoms with van der Waals surface area (Å²) in [7, 11) is 0. The normalized spacial score (nSPS) is 21.0. The standard InChI is InChI=1S/C16H16ClF3N2O2/c17-12-6-5-10(8-11(12)16(18,19)20)21-14(23)13-2-1-7-22(13)15(24)9-3-4-9/h5-6,8-9,13H,1-4,7H2,(H,21,23)/t13-/m0/s1. The minimum atomic E-state index is -4.60.